The minimum atomic E-state index is -0.0511. The van der Waals surface area contributed by atoms with Gasteiger partial charge in [0.25, 0.3) is 0 Å². The maximum Gasteiger partial charge on any atom is 0.131 e. The molecule has 0 amide bonds. The topological polar surface area (TPSA) is 38.4 Å². The monoisotopic (exact) mass is 756 g/mol. The van der Waals surface area contributed by atoms with Gasteiger partial charge in [-0.15, -0.1) is 0 Å². The van der Waals surface area contributed by atoms with Crippen LogP contribution in [0.1, 0.15) is 41.7 Å². The van der Waals surface area contributed by atoms with Gasteiger partial charge in [-0.2, -0.15) is 0 Å². The van der Waals surface area contributed by atoms with Crippen LogP contribution >= 0.6 is 0 Å². The standard InChI is InChI=1S/C57H44N2/c1-57(2)52-24-11-10-22-51(52)55-47(23-13-25-53(55)57)45-19-12-18-44(37-45)46-33-34-50(49-21-9-8-20-48(46)49)54(59-56(58)41-15-4-3-5-16-41)35-28-38-26-29-40(30-27-38)43-32-31-39-14-6-7-17-42(39)36-43/h3-27,29-37H,28H2,1-2H3,(H2,58,59)/b54-35-. The van der Waals surface area contributed by atoms with Crippen molar-refractivity contribution in [3.05, 3.63) is 234 Å². The minimum absolute atomic E-state index is 0.0511. The summed E-state index contributed by atoms with van der Waals surface area (Å²) in [6.45, 7) is 4.68. The van der Waals surface area contributed by atoms with Crippen molar-refractivity contribution in [1.29, 1.82) is 0 Å². The summed E-state index contributed by atoms with van der Waals surface area (Å²) in [7, 11) is 0. The molecule has 0 unspecified atom stereocenters. The Labute approximate surface area is 346 Å². The molecule has 59 heavy (non-hydrogen) atoms. The van der Waals surface area contributed by atoms with E-state index in [1.54, 1.807) is 0 Å². The largest absolute Gasteiger partial charge is 0.383 e. The van der Waals surface area contributed by atoms with E-state index in [4.69, 9.17) is 10.7 Å². The van der Waals surface area contributed by atoms with Gasteiger partial charge in [-0.3, -0.25) is 0 Å². The maximum atomic E-state index is 6.76. The molecule has 0 aliphatic heterocycles. The van der Waals surface area contributed by atoms with E-state index in [0.29, 0.717) is 12.3 Å². The fourth-order valence-electron chi connectivity index (χ4n) is 9.06. The first-order valence-electron chi connectivity index (χ1n) is 20.5. The maximum absolute atomic E-state index is 6.76. The predicted octanol–water partition coefficient (Wildman–Crippen LogP) is 14.3. The van der Waals surface area contributed by atoms with Gasteiger partial charge >= 0.3 is 0 Å². The van der Waals surface area contributed by atoms with Crippen molar-refractivity contribution < 1.29 is 0 Å². The van der Waals surface area contributed by atoms with Gasteiger partial charge in [0.15, 0.2) is 0 Å². The van der Waals surface area contributed by atoms with Crippen molar-refractivity contribution in [3.8, 4) is 44.5 Å². The van der Waals surface area contributed by atoms with Crippen molar-refractivity contribution in [3.63, 3.8) is 0 Å². The van der Waals surface area contributed by atoms with Crippen LogP contribution in [0.3, 0.4) is 0 Å². The van der Waals surface area contributed by atoms with Crippen LogP contribution < -0.4 is 5.73 Å². The average Bonchev–Trinajstić information content (AvgIpc) is 3.53. The Morgan fingerprint density at radius 3 is 1.97 bits per heavy atom. The van der Waals surface area contributed by atoms with Crippen LogP contribution in [0.4, 0.5) is 0 Å². The summed E-state index contributed by atoms with van der Waals surface area (Å²) in [6, 6.07) is 72.0. The van der Waals surface area contributed by atoms with E-state index >= 15 is 0 Å². The first-order chi connectivity index (χ1) is 28.9. The molecule has 2 nitrogen and oxygen atoms in total. The second kappa shape index (κ2) is 14.9. The molecule has 0 fully saturated rings. The van der Waals surface area contributed by atoms with Crippen molar-refractivity contribution in [2.24, 2.45) is 10.7 Å². The number of allylic oxidation sites excluding steroid dienone is 1. The Bertz CT molecular complexity index is 3090. The number of rotatable bonds is 8. The molecule has 2 N–H and O–H groups in total. The predicted molar refractivity (Wildman–Crippen MR) is 251 cm³/mol. The van der Waals surface area contributed by atoms with Gasteiger partial charge in [0.05, 0.1) is 5.70 Å². The zero-order chi connectivity index (χ0) is 39.9. The van der Waals surface area contributed by atoms with Crippen LogP contribution in [0.15, 0.2) is 211 Å². The number of benzene rings is 9. The van der Waals surface area contributed by atoms with E-state index in [2.05, 4.69) is 190 Å². The van der Waals surface area contributed by atoms with Gasteiger partial charge < -0.3 is 5.73 Å². The van der Waals surface area contributed by atoms with Crippen LogP contribution in [0.5, 0.6) is 0 Å². The summed E-state index contributed by atoms with van der Waals surface area (Å²) in [6.07, 6.45) is 2.93. The molecular formula is C57H44N2. The third-order valence-electron chi connectivity index (χ3n) is 12.2. The van der Waals surface area contributed by atoms with Gasteiger partial charge in [-0.05, 0) is 101 Å². The molecule has 9 aromatic carbocycles. The number of hydrogen-bond donors (Lipinski definition) is 1. The highest BCUT2D eigenvalue weighted by molar-refractivity contribution is 6.06. The lowest BCUT2D eigenvalue weighted by Crippen LogP contribution is -2.14. The van der Waals surface area contributed by atoms with E-state index in [9.17, 15) is 0 Å². The number of aliphatic imine (C=N–C) groups is 1. The van der Waals surface area contributed by atoms with Gasteiger partial charge in [-0.25, -0.2) is 4.99 Å². The van der Waals surface area contributed by atoms with Gasteiger partial charge in [0.2, 0.25) is 0 Å². The third kappa shape index (κ3) is 6.63. The lowest BCUT2D eigenvalue weighted by Gasteiger charge is -2.21. The summed E-state index contributed by atoms with van der Waals surface area (Å²) in [5, 5.41) is 4.80. The molecule has 9 aromatic rings. The molecule has 282 valence electrons. The van der Waals surface area contributed by atoms with Crippen LogP contribution in [-0.2, 0) is 11.8 Å². The van der Waals surface area contributed by atoms with E-state index in [1.165, 1.54) is 77.4 Å². The Hall–Kier alpha value is -7.29. The highest BCUT2D eigenvalue weighted by atomic mass is 14.9. The van der Waals surface area contributed by atoms with E-state index in [0.717, 1.165) is 22.2 Å². The van der Waals surface area contributed by atoms with Crippen LogP contribution in [0, 0.1) is 0 Å². The molecule has 0 saturated carbocycles. The number of fused-ring (bicyclic) bond motifs is 5. The molecule has 2 heteroatoms. The first-order valence-corrected chi connectivity index (χ1v) is 20.5. The molecule has 0 radical (unpaired) electrons. The quantitative estimate of drug-likeness (QED) is 0.122. The number of nitrogens with two attached hydrogens (primary N) is 1. The zero-order valence-electron chi connectivity index (χ0n) is 33.4. The Kier molecular flexibility index (Phi) is 9.11. The molecular weight excluding hydrogens is 713 g/mol. The average molecular weight is 757 g/mol. The lowest BCUT2D eigenvalue weighted by molar-refractivity contribution is 0.660. The Morgan fingerprint density at radius 2 is 1.14 bits per heavy atom. The van der Waals surface area contributed by atoms with Crippen molar-refractivity contribution in [2.45, 2.75) is 25.7 Å². The normalized spacial score (nSPS) is 13.4. The molecule has 10 rings (SSSR count). The molecule has 0 atom stereocenters. The van der Waals surface area contributed by atoms with Crippen molar-refractivity contribution in [1.82, 2.24) is 0 Å². The number of nitrogens with zero attached hydrogens (tertiary/aromatic N) is 1. The third-order valence-corrected chi connectivity index (χ3v) is 12.2. The highest BCUT2D eigenvalue weighted by Crippen LogP contribution is 2.52. The summed E-state index contributed by atoms with van der Waals surface area (Å²) >= 11 is 0. The zero-order valence-corrected chi connectivity index (χ0v) is 33.4. The van der Waals surface area contributed by atoms with Crippen molar-refractivity contribution in [2.75, 3.05) is 0 Å². The van der Waals surface area contributed by atoms with E-state index in [1.807, 2.05) is 30.3 Å². The van der Waals surface area contributed by atoms with Crippen LogP contribution in [0.2, 0.25) is 0 Å². The Morgan fingerprint density at radius 1 is 0.492 bits per heavy atom. The lowest BCUT2D eigenvalue weighted by atomic mass is 9.82. The van der Waals surface area contributed by atoms with Crippen molar-refractivity contribution >= 4 is 33.1 Å². The molecule has 0 spiro atoms. The fraction of sp³-hybridized carbons (Fsp3) is 0.0702. The minimum Gasteiger partial charge on any atom is -0.383 e. The van der Waals surface area contributed by atoms with E-state index in [-0.39, 0.29) is 5.41 Å². The molecule has 1 aliphatic carbocycles. The number of amidine groups is 1. The molecule has 0 bridgehead atoms. The van der Waals surface area contributed by atoms with E-state index < -0.39 is 0 Å². The van der Waals surface area contributed by atoms with Gasteiger partial charge in [-0.1, -0.05) is 208 Å². The Balaban J connectivity index is 1.03. The fourth-order valence-corrected chi connectivity index (χ4v) is 9.06. The first kappa shape index (κ1) is 36.1. The van der Waals surface area contributed by atoms with Gasteiger partial charge in [0, 0.05) is 16.5 Å². The molecule has 0 saturated heterocycles. The SMILES string of the molecule is CC1(C)c2ccccc2-c2c(-c3cccc(-c4ccc(/C(=C/Cc5ccc(-c6ccc7ccccc7c6)cc5)N=C(N)c5ccccc5)c5ccccc45)c3)cccc21. The highest BCUT2D eigenvalue weighted by Gasteiger charge is 2.36. The summed E-state index contributed by atoms with van der Waals surface area (Å²) in [5.74, 6) is 0.490. The second-order valence-corrected chi connectivity index (χ2v) is 16.1. The summed E-state index contributed by atoms with van der Waals surface area (Å²) in [4.78, 5) is 5.15. The number of hydrogen-bond acceptors (Lipinski definition) is 1. The molecule has 0 aromatic heterocycles. The van der Waals surface area contributed by atoms with Crippen LogP contribution in [0.25, 0.3) is 71.7 Å². The second-order valence-electron chi connectivity index (χ2n) is 16.1. The summed E-state index contributed by atoms with van der Waals surface area (Å²) in [5.41, 5.74) is 23.4. The molecule has 0 heterocycles. The van der Waals surface area contributed by atoms with Crippen LogP contribution in [-0.4, -0.2) is 5.84 Å². The summed E-state index contributed by atoms with van der Waals surface area (Å²) < 4.78 is 0. The van der Waals surface area contributed by atoms with Gasteiger partial charge in [0.1, 0.15) is 5.84 Å². The molecule has 1 aliphatic rings. The smallest absolute Gasteiger partial charge is 0.131 e.